The number of hydrogen-bond acceptors (Lipinski definition) is 3. The van der Waals surface area contributed by atoms with Crippen molar-refractivity contribution in [3.05, 3.63) is 59.1 Å². The van der Waals surface area contributed by atoms with Crippen molar-refractivity contribution in [2.45, 2.75) is 17.4 Å². The highest BCUT2D eigenvalue weighted by Gasteiger charge is 2.22. The number of amides is 1. The quantitative estimate of drug-likeness (QED) is 0.857. The van der Waals surface area contributed by atoms with Gasteiger partial charge in [0, 0.05) is 16.9 Å². The van der Waals surface area contributed by atoms with Crippen molar-refractivity contribution in [2.75, 3.05) is 12.4 Å². The zero-order valence-corrected chi connectivity index (χ0v) is 13.5. The Bertz CT molecular complexity index is 677. The third-order valence-corrected chi connectivity index (χ3v) is 5.00. The number of ether oxygens (including phenoxy) is 1. The van der Waals surface area contributed by atoms with Gasteiger partial charge in [0.05, 0.1) is 23.4 Å². The number of para-hydroxylation sites is 1. The molecule has 0 radical (unpaired) electrons. The summed E-state index contributed by atoms with van der Waals surface area (Å²) in [5.41, 5.74) is 1.05. The standard InChI is InChI=1S/C17H16ClNO2S/c18-13-6-2-4-8-16(13)22-11-17(20)19-14-9-10-21-15-7-3-1-5-12(14)15/h1-8,14H,9-11H2,(H,19,20). The molecule has 1 N–H and O–H groups in total. The summed E-state index contributed by atoms with van der Waals surface area (Å²) in [4.78, 5) is 13.1. The Morgan fingerprint density at radius 3 is 2.86 bits per heavy atom. The first-order valence-corrected chi connectivity index (χ1v) is 8.49. The number of carbonyl (C=O) groups is 1. The van der Waals surface area contributed by atoms with Gasteiger partial charge in [-0.05, 0) is 18.2 Å². The molecule has 0 spiro atoms. The molecule has 2 aromatic carbocycles. The third kappa shape index (κ3) is 3.57. The highest BCUT2D eigenvalue weighted by Crippen LogP contribution is 2.32. The molecular formula is C17H16ClNO2S. The molecule has 0 fully saturated rings. The van der Waals surface area contributed by atoms with Crippen LogP contribution in [0.2, 0.25) is 5.02 Å². The van der Waals surface area contributed by atoms with Gasteiger partial charge in [-0.3, -0.25) is 4.79 Å². The molecule has 3 nitrogen and oxygen atoms in total. The number of rotatable bonds is 4. The zero-order valence-electron chi connectivity index (χ0n) is 11.9. The summed E-state index contributed by atoms with van der Waals surface area (Å²) in [6.07, 6.45) is 0.791. The molecule has 3 rings (SSSR count). The lowest BCUT2D eigenvalue weighted by molar-refractivity contribution is -0.119. The molecule has 0 aliphatic carbocycles. The Hall–Kier alpha value is -1.65. The van der Waals surface area contributed by atoms with Crippen LogP contribution < -0.4 is 10.1 Å². The maximum absolute atomic E-state index is 12.2. The van der Waals surface area contributed by atoms with Gasteiger partial charge in [0.25, 0.3) is 0 Å². The maximum atomic E-state index is 12.2. The van der Waals surface area contributed by atoms with Gasteiger partial charge in [-0.2, -0.15) is 0 Å². The molecule has 114 valence electrons. The minimum atomic E-state index is 0.00613. The first-order valence-electron chi connectivity index (χ1n) is 7.12. The van der Waals surface area contributed by atoms with E-state index in [0.29, 0.717) is 17.4 Å². The van der Waals surface area contributed by atoms with Gasteiger partial charge in [-0.15, -0.1) is 11.8 Å². The molecule has 0 bridgehead atoms. The van der Waals surface area contributed by atoms with Crippen LogP contribution in [0.4, 0.5) is 0 Å². The number of nitrogens with one attached hydrogen (secondary N) is 1. The van der Waals surface area contributed by atoms with E-state index in [1.807, 2.05) is 48.5 Å². The van der Waals surface area contributed by atoms with Crippen LogP contribution in [0.3, 0.4) is 0 Å². The lowest BCUT2D eigenvalue weighted by atomic mass is 10.0. The largest absolute Gasteiger partial charge is 0.493 e. The minimum absolute atomic E-state index is 0.00613. The molecule has 1 aliphatic rings. The first kappa shape index (κ1) is 15.3. The summed E-state index contributed by atoms with van der Waals surface area (Å²) < 4.78 is 5.61. The van der Waals surface area contributed by atoms with Crippen LogP contribution in [-0.4, -0.2) is 18.3 Å². The molecule has 1 heterocycles. The van der Waals surface area contributed by atoms with Crippen LogP contribution in [0.5, 0.6) is 5.75 Å². The Labute approximate surface area is 139 Å². The van der Waals surface area contributed by atoms with Crippen molar-refractivity contribution >= 4 is 29.3 Å². The molecule has 1 atom stereocenters. The summed E-state index contributed by atoms with van der Waals surface area (Å²) in [5, 5.41) is 3.76. The number of halogens is 1. The van der Waals surface area contributed by atoms with Crippen LogP contribution in [0.1, 0.15) is 18.0 Å². The van der Waals surface area contributed by atoms with Gasteiger partial charge in [-0.1, -0.05) is 41.9 Å². The Morgan fingerprint density at radius 1 is 1.23 bits per heavy atom. The van der Waals surface area contributed by atoms with Gasteiger partial charge < -0.3 is 10.1 Å². The van der Waals surface area contributed by atoms with E-state index in [0.717, 1.165) is 22.6 Å². The van der Waals surface area contributed by atoms with Crippen LogP contribution in [0.25, 0.3) is 0 Å². The summed E-state index contributed by atoms with van der Waals surface area (Å²) in [5.74, 6) is 1.22. The van der Waals surface area contributed by atoms with E-state index in [1.54, 1.807) is 0 Å². The number of benzene rings is 2. The van der Waals surface area contributed by atoms with Crippen molar-refractivity contribution in [3.8, 4) is 5.75 Å². The molecule has 1 amide bonds. The average molecular weight is 334 g/mol. The monoisotopic (exact) mass is 333 g/mol. The zero-order chi connectivity index (χ0) is 15.4. The Balaban J connectivity index is 1.60. The van der Waals surface area contributed by atoms with Gasteiger partial charge in [-0.25, -0.2) is 0 Å². The van der Waals surface area contributed by atoms with Crippen molar-refractivity contribution in [3.63, 3.8) is 0 Å². The fourth-order valence-electron chi connectivity index (χ4n) is 2.43. The van der Waals surface area contributed by atoms with Crippen molar-refractivity contribution < 1.29 is 9.53 Å². The fourth-order valence-corrected chi connectivity index (χ4v) is 3.48. The van der Waals surface area contributed by atoms with Crippen LogP contribution in [-0.2, 0) is 4.79 Å². The number of carbonyl (C=O) groups excluding carboxylic acids is 1. The Kier molecular flexibility index (Phi) is 4.90. The van der Waals surface area contributed by atoms with Crippen LogP contribution in [0, 0.1) is 0 Å². The molecule has 22 heavy (non-hydrogen) atoms. The van der Waals surface area contributed by atoms with E-state index in [-0.39, 0.29) is 11.9 Å². The van der Waals surface area contributed by atoms with E-state index in [2.05, 4.69) is 5.32 Å². The van der Waals surface area contributed by atoms with Gasteiger partial charge in [0.2, 0.25) is 5.91 Å². The fraction of sp³-hybridized carbons (Fsp3) is 0.235. The van der Waals surface area contributed by atoms with Crippen LogP contribution >= 0.6 is 23.4 Å². The summed E-state index contributed by atoms with van der Waals surface area (Å²) in [6.45, 7) is 0.625. The predicted molar refractivity (Wildman–Crippen MR) is 89.6 cm³/mol. The normalized spacial score (nSPS) is 16.5. The number of hydrogen-bond donors (Lipinski definition) is 1. The van der Waals surface area contributed by atoms with Gasteiger partial charge in [0.15, 0.2) is 0 Å². The lowest BCUT2D eigenvalue weighted by Crippen LogP contribution is -2.33. The highest BCUT2D eigenvalue weighted by molar-refractivity contribution is 8.00. The molecule has 1 aliphatic heterocycles. The van der Waals surface area contributed by atoms with Crippen molar-refractivity contribution in [1.29, 1.82) is 0 Å². The van der Waals surface area contributed by atoms with Gasteiger partial charge >= 0.3 is 0 Å². The summed E-state index contributed by atoms with van der Waals surface area (Å²) in [7, 11) is 0. The van der Waals surface area contributed by atoms with E-state index in [9.17, 15) is 4.79 Å². The second kappa shape index (κ2) is 7.07. The van der Waals surface area contributed by atoms with E-state index in [1.165, 1.54) is 11.8 Å². The molecule has 2 aromatic rings. The second-order valence-electron chi connectivity index (χ2n) is 5.01. The van der Waals surface area contributed by atoms with Crippen molar-refractivity contribution in [2.24, 2.45) is 0 Å². The number of fused-ring (bicyclic) bond motifs is 1. The molecule has 0 saturated heterocycles. The molecule has 0 aromatic heterocycles. The first-order chi connectivity index (χ1) is 10.7. The molecule has 0 saturated carbocycles. The lowest BCUT2D eigenvalue weighted by Gasteiger charge is -2.26. The molecular weight excluding hydrogens is 318 g/mol. The average Bonchev–Trinajstić information content (AvgIpc) is 2.54. The SMILES string of the molecule is O=C(CSc1ccccc1Cl)NC1CCOc2ccccc21. The second-order valence-corrected chi connectivity index (χ2v) is 6.44. The number of thioether (sulfide) groups is 1. The smallest absolute Gasteiger partial charge is 0.230 e. The summed E-state index contributed by atoms with van der Waals surface area (Å²) >= 11 is 7.55. The molecule has 1 unspecified atom stereocenters. The van der Waals surface area contributed by atoms with Crippen molar-refractivity contribution in [1.82, 2.24) is 5.32 Å². The third-order valence-electron chi connectivity index (χ3n) is 3.49. The maximum Gasteiger partial charge on any atom is 0.230 e. The summed E-state index contributed by atoms with van der Waals surface area (Å²) in [6, 6.07) is 15.4. The highest BCUT2D eigenvalue weighted by atomic mass is 35.5. The Morgan fingerprint density at radius 2 is 2.00 bits per heavy atom. The molecule has 5 heteroatoms. The van der Waals surface area contributed by atoms with E-state index in [4.69, 9.17) is 16.3 Å². The van der Waals surface area contributed by atoms with E-state index < -0.39 is 0 Å². The van der Waals surface area contributed by atoms with Crippen LogP contribution in [0.15, 0.2) is 53.4 Å². The topological polar surface area (TPSA) is 38.3 Å². The van der Waals surface area contributed by atoms with E-state index >= 15 is 0 Å². The predicted octanol–water partition coefficient (Wildman–Crippen LogP) is 4.07. The van der Waals surface area contributed by atoms with Gasteiger partial charge in [0.1, 0.15) is 5.75 Å². The minimum Gasteiger partial charge on any atom is -0.493 e.